The minimum absolute atomic E-state index is 0.0830. The highest BCUT2D eigenvalue weighted by atomic mass is 19.1. The van der Waals surface area contributed by atoms with Crippen molar-refractivity contribution >= 4 is 29.1 Å². The highest BCUT2D eigenvalue weighted by Gasteiger charge is 2.25. The van der Waals surface area contributed by atoms with Crippen LogP contribution in [0.15, 0.2) is 60.9 Å². The highest BCUT2D eigenvalue weighted by molar-refractivity contribution is 6.04. The Balaban J connectivity index is 1.60. The van der Waals surface area contributed by atoms with Crippen molar-refractivity contribution in [3.63, 3.8) is 0 Å². The molecule has 1 unspecified atom stereocenters. The number of Topliss-reactive ketones (excluding diaryl/α,β-unsaturated/α-hetero) is 1. The lowest BCUT2D eigenvalue weighted by Gasteiger charge is -2.17. The quantitative estimate of drug-likeness (QED) is 0.347. The third-order valence-electron chi connectivity index (χ3n) is 4.82. The molecular formula is C23H19FN6O3. The maximum Gasteiger partial charge on any atom is 0.257 e. The van der Waals surface area contributed by atoms with Gasteiger partial charge in [0.25, 0.3) is 5.91 Å². The van der Waals surface area contributed by atoms with Gasteiger partial charge in [0.05, 0.1) is 6.20 Å². The molecule has 2 N–H and O–H groups in total. The van der Waals surface area contributed by atoms with Gasteiger partial charge in [-0.2, -0.15) is 9.49 Å². The fourth-order valence-corrected chi connectivity index (χ4v) is 3.22. The Morgan fingerprint density at radius 1 is 1.06 bits per heavy atom. The van der Waals surface area contributed by atoms with Crippen LogP contribution in [0.5, 0.6) is 0 Å². The number of hydrogen-bond donors (Lipinski definition) is 2. The number of nitrogens with one attached hydrogen (secondary N) is 2. The molecule has 1 aromatic carbocycles. The zero-order valence-electron chi connectivity index (χ0n) is 17.7. The fourth-order valence-electron chi connectivity index (χ4n) is 3.22. The van der Waals surface area contributed by atoms with Gasteiger partial charge in [0.1, 0.15) is 11.7 Å². The first-order chi connectivity index (χ1) is 15.8. The number of pyridine rings is 1. The number of fused-ring (bicyclic) bond motifs is 1. The molecule has 0 aliphatic carbocycles. The van der Waals surface area contributed by atoms with Crippen molar-refractivity contribution in [1.29, 1.82) is 0 Å². The number of halogens is 1. The molecule has 0 aliphatic heterocycles. The van der Waals surface area contributed by atoms with Gasteiger partial charge in [-0.05, 0) is 30.7 Å². The molecule has 0 saturated heterocycles. The lowest BCUT2D eigenvalue weighted by molar-refractivity contribution is -0.119. The molecule has 33 heavy (non-hydrogen) atoms. The van der Waals surface area contributed by atoms with Crippen LogP contribution >= 0.6 is 0 Å². The highest BCUT2D eigenvalue weighted by Crippen LogP contribution is 2.20. The van der Waals surface area contributed by atoms with Gasteiger partial charge in [0, 0.05) is 24.8 Å². The van der Waals surface area contributed by atoms with Crippen molar-refractivity contribution in [2.75, 3.05) is 5.32 Å². The number of aromatic nitrogens is 4. The summed E-state index contributed by atoms with van der Waals surface area (Å²) in [6.07, 6.45) is 2.62. The topological polar surface area (TPSA) is 118 Å². The summed E-state index contributed by atoms with van der Waals surface area (Å²) in [5, 5.41) is 9.52. The number of rotatable bonds is 6. The summed E-state index contributed by atoms with van der Waals surface area (Å²) in [6, 6.07) is 11.8. The Kier molecular flexibility index (Phi) is 5.90. The fraction of sp³-hybridized carbons (Fsp3) is 0.130. The first kappa shape index (κ1) is 21.8. The number of nitrogens with zero attached hydrogens (tertiary/aromatic N) is 4. The zero-order valence-corrected chi connectivity index (χ0v) is 17.7. The second kappa shape index (κ2) is 8.95. The van der Waals surface area contributed by atoms with Gasteiger partial charge in [0.15, 0.2) is 11.5 Å². The molecule has 0 fully saturated rings. The van der Waals surface area contributed by atoms with Gasteiger partial charge in [-0.15, -0.1) is 0 Å². The van der Waals surface area contributed by atoms with E-state index in [0.29, 0.717) is 11.2 Å². The molecule has 10 heteroatoms. The van der Waals surface area contributed by atoms with Crippen molar-refractivity contribution in [1.82, 2.24) is 24.9 Å². The predicted octanol–water partition coefficient (Wildman–Crippen LogP) is 2.88. The predicted molar refractivity (Wildman–Crippen MR) is 117 cm³/mol. The van der Waals surface area contributed by atoms with E-state index in [1.54, 1.807) is 18.2 Å². The summed E-state index contributed by atoms with van der Waals surface area (Å²) in [7, 11) is 0. The average Bonchev–Trinajstić information content (AvgIpc) is 3.19. The Morgan fingerprint density at radius 3 is 2.52 bits per heavy atom. The first-order valence-electron chi connectivity index (χ1n) is 9.97. The Hall–Kier alpha value is -4.47. The van der Waals surface area contributed by atoms with E-state index in [1.165, 1.54) is 36.0 Å². The molecule has 4 aromatic rings. The van der Waals surface area contributed by atoms with Crippen LogP contribution in [0.1, 0.15) is 44.9 Å². The van der Waals surface area contributed by atoms with Crippen molar-refractivity contribution in [2.24, 2.45) is 0 Å². The van der Waals surface area contributed by atoms with Crippen molar-refractivity contribution in [3.05, 3.63) is 89.3 Å². The molecular weight excluding hydrogens is 427 g/mol. The number of hydrogen-bond acceptors (Lipinski definition) is 6. The Morgan fingerprint density at radius 2 is 1.82 bits per heavy atom. The summed E-state index contributed by atoms with van der Waals surface area (Å²) in [4.78, 5) is 44.9. The van der Waals surface area contributed by atoms with Crippen LogP contribution < -0.4 is 10.6 Å². The lowest BCUT2D eigenvalue weighted by Crippen LogP contribution is -2.32. The van der Waals surface area contributed by atoms with E-state index in [9.17, 15) is 18.8 Å². The molecule has 0 saturated carbocycles. The van der Waals surface area contributed by atoms with Crippen LogP contribution in [0, 0.1) is 12.9 Å². The number of imidazole rings is 1. The van der Waals surface area contributed by atoms with E-state index in [2.05, 4.69) is 25.7 Å². The van der Waals surface area contributed by atoms with E-state index in [1.807, 2.05) is 19.1 Å². The Bertz CT molecular complexity index is 1370. The second-order valence-electron chi connectivity index (χ2n) is 7.38. The number of benzene rings is 1. The molecule has 4 rings (SSSR count). The van der Waals surface area contributed by atoms with Gasteiger partial charge < -0.3 is 10.6 Å². The maximum absolute atomic E-state index is 13.3. The minimum atomic E-state index is -0.905. The molecule has 0 radical (unpaired) electrons. The monoisotopic (exact) mass is 446 g/mol. The number of ketones is 1. The van der Waals surface area contributed by atoms with Crippen molar-refractivity contribution < 1.29 is 18.8 Å². The largest absolute Gasteiger partial charge is 0.342 e. The van der Waals surface area contributed by atoms with Crippen LogP contribution in [0.2, 0.25) is 0 Å². The van der Waals surface area contributed by atoms with E-state index in [-0.39, 0.29) is 23.0 Å². The molecule has 3 aromatic heterocycles. The summed E-state index contributed by atoms with van der Waals surface area (Å²) in [6.45, 7) is 3.26. The van der Waals surface area contributed by atoms with Gasteiger partial charge >= 0.3 is 0 Å². The summed E-state index contributed by atoms with van der Waals surface area (Å²) >= 11 is 0. The van der Waals surface area contributed by atoms with Crippen molar-refractivity contribution in [2.45, 2.75) is 19.9 Å². The first-order valence-corrected chi connectivity index (χ1v) is 9.97. The molecule has 0 spiro atoms. The smallest absolute Gasteiger partial charge is 0.257 e. The molecule has 0 bridgehead atoms. The van der Waals surface area contributed by atoms with Crippen molar-refractivity contribution in [3.8, 4) is 0 Å². The number of aryl methyl sites for hydroxylation is 1. The molecule has 0 aliphatic rings. The van der Waals surface area contributed by atoms with E-state index >= 15 is 0 Å². The van der Waals surface area contributed by atoms with Gasteiger partial charge in [-0.25, -0.2) is 14.5 Å². The standard InChI is InChI=1S/C23H19FN6O3/c1-13-3-5-15(6-4-13)21(26-14(2)31)22(32)17-7-8-20-27-19(12-30(20)29-17)28-23(33)16-9-10-25-18(24)11-16/h3-12,21H,1-2H3,(H,26,31)(H,28,33). The van der Waals surface area contributed by atoms with Crippen LogP contribution in [-0.2, 0) is 4.79 Å². The number of amides is 2. The number of carbonyl (C=O) groups is 3. The van der Waals surface area contributed by atoms with Gasteiger partial charge in [-0.3, -0.25) is 14.4 Å². The van der Waals surface area contributed by atoms with Crippen LogP contribution in [0.3, 0.4) is 0 Å². The van der Waals surface area contributed by atoms with E-state index < -0.39 is 23.7 Å². The number of anilines is 1. The second-order valence-corrected chi connectivity index (χ2v) is 7.38. The van der Waals surface area contributed by atoms with E-state index in [0.717, 1.165) is 11.6 Å². The third-order valence-corrected chi connectivity index (χ3v) is 4.82. The lowest BCUT2D eigenvalue weighted by atomic mass is 9.99. The van der Waals surface area contributed by atoms with E-state index in [4.69, 9.17) is 0 Å². The third kappa shape index (κ3) is 4.90. The Labute approximate surface area is 187 Å². The average molecular weight is 446 g/mol. The van der Waals surface area contributed by atoms with Gasteiger partial charge in [-0.1, -0.05) is 29.8 Å². The zero-order chi connectivity index (χ0) is 23.5. The molecule has 3 heterocycles. The van der Waals surface area contributed by atoms with Gasteiger partial charge in [0.2, 0.25) is 17.6 Å². The summed E-state index contributed by atoms with van der Waals surface area (Å²) in [5.74, 6) is -1.92. The normalized spacial score (nSPS) is 11.7. The number of carbonyl (C=O) groups excluding carboxylic acids is 3. The molecule has 2 amide bonds. The van der Waals surface area contributed by atoms with Crippen LogP contribution in [-0.4, -0.2) is 37.2 Å². The molecule has 1 atom stereocenters. The molecule has 166 valence electrons. The van der Waals surface area contributed by atoms with Crippen LogP contribution in [0.25, 0.3) is 5.65 Å². The summed E-state index contributed by atoms with van der Waals surface area (Å²) < 4.78 is 14.6. The SMILES string of the molecule is CC(=O)NC(C(=O)c1ccc2nc(NC(=O)c3ccnc(F)c3)cn2n1)c1ccc(C)cc1. The minimum Gasteiger partial charge on any atom is -0.342 e. The molecule has 9 nitrogen and oxygen atoms in total. The summed E-state index contributed by atoms with van der Waals surface area (Å²) in [5.41, 5.74) is 2.22. The van der Waals surface area contributed by atoms with Crippen LogP contribution in [0.4, 0.5) is 10.2 Å². The maximum atomic E-state index is 13.3.